The van der Waals surface area contributed by atoms with E-state index in [0.29, 0.717) is 17.2 Å². The van der Waals surface area contributed by atoms with Gasteiger partial charge in [0.2, 0.25) is 0 Å². The zero-order valence-corrected chi connectivity index (χ0v) is 12.6. The third-order valence-corrected chi connectivity index (χ3v) is 3.52. The summed E-state index contributed by atoms with van der Waals surface area (Å²) >= 11 is 0. The Labute approximate surface area is 130 Å². The second-order valence-electron chi connectivity index (χ2n) is 5.29. The SMILES string of the molecule is CC1=CCC(/C=N/NC(=O)COc2ccccc2C#N)CC1. The van der Waals surface area contributed by atoms with Crippen molar-refractivity contribution in [3.05, 3.63) is 41.5 Å². The maximum Gasteiger partial charge on any atom is 0.277 e. The molecule has 1 aliphatic rings. The molecule has 114 valence electrons. The first-order chi connectivity index (χ1) is 10.7. The van der Waals surface area contributed by atoms with Crippen LogP contribution in [0.25, 0.3) is 0 Å². The Balaban J connectivity index is 1.75. The molecular formula is C17H19N3O2. The molecule has 1 unspecified atom stereocenters. The molecule has 0 bridgehead atoms. The third-order valence-electron chi connectivity index (χ3n) is 3.52. The van der Waals surface area contributed by atoms with Crippen molar-refractivity contribution in [3.8, 4) is 11.8 Å². The van der Waals surface area contributed by atoms with E-state index in [0.717, 1.165) is 19.3 Å². The molecule has 2 rings (SSSR count). The van der Waals surface area contributed by atoms with E-state index < -0.39 is 0 Å². The molecule has 0 aliphatic heterocycles. The van der Waals surface area contributed by atoms with Gasteiger partial charge in [0, 0.05) is 6.21 Å². The number of benzene rings is 1. The summed E-state index contributed by atoms with van der Waals surface area (Å²) in [5, 5.41) is 12.9. The van der Waals surface area contributed by atoms with Gasteiger partial charge in [-0.25, -0.2) is 5.43 Å². The molecule has 0 fully saturated rings. The van der Waals surface area contributed by atoms with Crippen LogP contribution in [0.2, 0.25) is 0 Å². The lowest BCUT2D eigenvalue weighted by Crippen LogP contribution is -2.25. The molecule has 0 heterocycles. The largest absolute Gasteiger partial charge is 0.482 e. The highest BCUT2D eigenvalue weighted by molar-refractivity contribution is 5.78. The van der Waals surface area contributed by atoms with Crippen molar-refractivity contribution in [2.24, 2.45) is 11.0 Å². The number of carbonyl (C=O) groups excluding carboxylic acids is 1. The molecule has 0 radical (unpaired) electrons. The van der Waals surface area contributed by atoms with E-state index in [9.17, 15) is 4.79 Å². The molecular weight excluding hydrogens is 278 g/mol. The van der Waals surface area contributed by atoms with Gasteiger partial charge in [-0.05, 0) is 44.2 Å². The zero-order chi connectivity index (χ0) is 15.8. The van der Waals surface area contributed by atoms with E-state index in [2.05, 4.69) is 23.5 Å². The summed E-state index contributed by atoms with van der Waals surface area (Å²) in [6, 6.07) is 8.82. The van der Waals surface area contributed by atoms with E-state index in [-0.39, 0.29) is 12.5 Å². The number of amides is 1. The number of para-hydroxylation sites is 1. The molecule has 1 aromatic rings. The molecule has 1 N–H and O–H groups in total. The molecule has 1 aliphatic carbocycles. The van der Waals surface area contributed by atoms with Crippen molar-refractivity contribution in [2.45, 2.75) is 26.2 Å². The summed E-state index contributed by atoms with van der Waals surface area (Å²) in [5.41, 5.74) is 4.27. The summed E-state index contributed by atoms with van der Waals surface area (Å²) in [4.78, 5) is 11.7. The number of hydrazone groups is 1. The van der Waals surface area contributed by atoms with Crippen molar-refractivity contribution >= 4 is 12.1 Å². The van der Waals surface area contributed by atoms with Crippen molar-refractivity contribution in [3.63, 3.8) is 0 Å². The highest BCUT2D eigenvalue weighted by Gasteiger charge is 2.10. The topological polar surface area (TPSA) is 74.5 Å². The quantitative estimate of drug-likeness (QED) is 0.516. The molecule has 22 heavy (non-hydrogen) atoms. The normalized spacial score (nSPS) is 17.6. The first-order valence-electron chi connectivity index (χ1n) is 7.28. The first kappa shape index (κ1) is 15.8. The molecule has 5 heteroatoms. The minimum atomic E-state index is -0.341. The van der Waals surface area contributed by atoms with Crippen LogP contribution in [-0.4, -0.2) is 18.7 Å². The smallest absolute Gasteiger partial charge is 0.277 e. The zero-order valence-electron chi connectivity index (χ0n) is 12.6. The Kier molecular flexibility index (Phi) is 5.73. The Morgan fingerprint density at radius 3 is 3.09 bits per heavy atom. The Morgan fingerprint density at radius 2 is 2.36 bits per heavy atom. The lowest BCUT2D eigenvalue weighted by molar-refractivity contribution is -0.123. The lowest BCUT2D eigenvalue weighted by Gasteiger charge is -2.15. The summed E-state index contributed by atoms with van der Waals surface area (Å²) in [6.07, 6.45) is 7.11. The number of ether oxygens (including phenoxy) is 1. The molecule has 0 aromatic heterocycles. The van der Waals surface area contributed by atoms with Gasteiger partial charge < -0.3 is 4.74 Å². The van der Waals surface area contributed by atoms with E-state index >= 15 is 0 Å². The van der Waals surface area contributed by atoms with Gasteiger partial charge in [-0.2, -0.15) is 10.4 Å². The maximum atomic E-state index is 11.7. The molecule has 0 spiro atoms. The van der Waals surface area contributed by atoms with Gasteiger partial charge in [-0.15, -0.1) is 0 Å². The third kappa shape index (κ3) is 4.74. The van der Waals surface area contributed by atoms with E-state index in [4.69, 9.17) is 10.00 Å². The minimum absolute atomic E-state index is 0.167. The van der Waals surface area contributed by atoms with Crippen LogP contribution < -0.4 is 10.2 Å². The van der Waals surface area contributed by atoms with Crippen molar-refractivity contribution < 1.29 is 9.53 Å². The van der Waals surface area contributed by atoms with Crippen LogP contribution in [-0.2, 0) is 4.79 Å². The Hall–Kier alpha value is -2.61. The van der Waals surface area contributed by atoms with Crippen LogP contribution >= 0.6 is 0 Å². The molecule has 1 amide bonds. The van der Waals surface area contributed by atoms with Gasteiger partial charge in [0.1, 0.15) is 11.8 Å². The second kappa shape index (κ2) is 7.99. The van der Waals surface area contributed by atoms with E-state index in [1.807, 2.05) is 6.07 Å². The number of rotatable bonds is 5. The number of nitrogens with zero attached hydrogens (tertiary/aromatic N) is 2. The van der Waals surface area contributed by atoms with Gasteiger partial charge in [0.15, 0.2) is 6.61 Å². The van der Waals surface area contributed by atoms with Crippen LogP contribution in [0.4, 0.5) is 0 Å². The number of carbonyl (C=O) groups is 1. The second-order valence-corrected chi connectivity index (χ2v) is 5.29. The number of allylic oxidation sites excluding steroid dienone is 2. The molecule has 1 atom stereocenters. The van der Waals surface area contributed by atoms with Gasteiger partial charge >= 0.3 is 0 Å². The highest BCUT2D eigenvalue weighted by Crippen LogP contribution is 2.21. The summed E-state index contributed by atoms with van der Waals surface area (Å²) in [5.74, 6) is 0.438. The Bertz CT molecular complexity index is 629. The number of nitriles is 1. The number of nitrogens with one attached hydrogen (secondary N) is 1. The standard InChI is InChI=1S/C17H19N3O2/c1-13-6-8-14(9-7-13)11-19-20-17(21)12-22-16-5-3-2-4-15(16)10-18/h2-6,11,14H,7-9,12H2,1H3,(H,20,21)/b19-11+. The summed E-state index contributed by atoms with van der Waals surface area (Å²) in [6.45, 7) is 1.96. The first-order valence-corrected chi connectivity index (χ1v) is 7.28. The van der Waals surface area contributed by atoms with Gasteiger partial charge in [-0.3, -0.25) is 4.79 Å². The van der Waals surface area contributed by atoms with Crippen LogP contribution in [0.5, 0.6) is 5.75 Å². The summed E-state index contributed by atoms with van der Waals surface area (Å²) < 4.78 is 5.33. The predicted octanol–water partition coefficient (Wildman–Crippen LogP) is 2.79. The van der Waals surface area contributed by atoms with Gasteiger partial charge in [0.05, 0.1) is 5.56 Å². The van der Waals surface area contributed by atoms with Crippen LogP contribution in [0, 0.1) is 17.2 Å². The molecule has 0 saturated carbocycles. The fraction of sp³-hybridized carbons (Fsp3) is 0.353. The maximum absolute atomic E-state index is 11.7. The van der Waals surface area contributed by atoms with E-state index in [1.54, 1.807) is 30.5 Å². The fourth-order valence-corrected chi connectivity index (χ4v) is 2.20. The highest BCUT2D eigenvalue weighted by atomic mass is 16.5. The molecule has 5 nitrogen and oxygen atoms in total. The summed E-state index contributed by atoms with van der Waals surface area (Å²) in [7, 11) is 0. The number of hydrogen-bond donors (Lipinski definition) is 1. The minimum Gasteiger partial charge on any atom is -0.482 e. The lowest BCUT2D eigenvalue weighted by atomic mass is 9.91. The van der Waals surface area contributed by atoms with Crippen molar-refractivity contribution in [1.29, 1.82) is 5.26 Å². The van der Waals surface area contributed by atoms with Crippen molar-refractivity contribution in [1.82, 2.24) is 5.43 Å². The number of hydrogen-bond acceptors (Lipinski definition) is 4. The Morgan fingerprint density at radius 1 is 1.55 bits per heavy atom. The molecule has 0 saturated heterocycles. The molecule has 1 aromatic carbocycles. The monoisotopic (exact) mass is 297 g/mol. The van der Waals surface area contributed by atoms with Crippen LogP contribution in [0.15, 0.2) is 41.0 Å². The average molecular weight is 297 g/mol. The van der Waals surface area contributed by atoms with Gasteiger partial charge in [-0.1, -0.05) is 23.8 Å². The van der Waals surface area contributed by atoms with Crippen molar-refractivity contribution in [2.75, 3.05) is 6.61 Å². The average Bonchev–Trinajstić information content (AvgIpc) is 2.55. The van der Waals surface area contributed by atoms with Gasteiger partial charge in [0.25, 0.3) is 5.91 Å². The van der Waals surface area contributed by atoms with Crippen LogP contribution in [0.3, 0.4) is 0 Å². The van der Waals surface area contributed by atoms with E-state index in [1.165, 1.54) is 5.57 Å². The predicted molar refractivity (Wildman–Crippen MR) is 84.4 cm³/mol. The van der Waals surface area contributed by atoms with Crippen LogP contribution in [0.1, 0.15) is 31.7 Å². The fourth-order valence-electron chi connectivity index (χ4n) is 2.20.